The second-order valence-corrected chi connectivity index (χ2v) is 15.7. The number of nitrogens with zero attached hydrogens (tertiary/aromatic N) is 1. The van der Waals surface area contributed by atoms with E-state index in [2.05, 4.69) is 217 Å². The van der Waals surface area contributed by atoms with Crippen LogP contribution in [0.5, 0.6) is 0 Å². The van der Waals surface area contributed by atoms with Crippen LogP contribution in [-0.2, 0) is 0 Å². The number of fused-ring (bicyclic) bond motifs is 7. The lowest BCUT2D eigenvalue weighted by Crippen LogP contribution is -2.09. The Morgan fingerprint density at radius 1 is 0.279 bits per heavy atom. The topological polar surface area (TPSA) is 29.5 Å². The predicted molar refractivity (Wildman–Crippen MR) is 255 cm³/mol. The van der Waals surface area contributed by atoms with Gasteiger partial charge in [-0.25, -0.2) is 0 Å². The van der Waals surface area contributed by atoms with E-state index in [9.17, 15) is 0 Å². The molecule has 0 unspecified atom stereocenters. The second kappa shape index (κ2) is 14.3. The average Bonchev–Trinajstić information content (AvgIpc) is 3.89. The van der Waals surface area contributed by atoms with E-state index >= 15 is 0 Å². The molecule has 2 heterocycles. The van der Waals surface area contributed by atoms with Gasteiger partial charge in [-0.2, -0.15) is 0 Å². The van der Waals surface area contributed by atoms with Gasteiger partial charge in [-0.3, -0.25) is 0 Å². The molecular weight excluding hydrogens is 743 g/mol. The van der Waals surface area contributed by atoms with E-state index in [-0.39, 0.29) is 0 Å². The molecule has 3 nitrogen and oxygen atoms in total. The molecule has 61 heavy (non-hydrogen) atoms. The number of hydrogen-bond acceptors (Lipinski definition) is 3. The van der Waals surface area contributed by atoms with Crippen molar-refractivity contribution in [2.24, 2.45) is 0 Å². The lowest BCUT2D eigenvalue weighted by molar-refractivity contribution is 0.664. The maximum absolute atomic E-state index is 6.84. The number of rotatable bonds is 7. The van der Waals surface area contributed by atoms with Crippen LogP contribution in [0.3, 0.4) is 0 Å². The first-order valence-electron chi connectivity index (χ1n) is 20.7. The highest BCUT2D eigenvalue weighted by atomic mass is 16.3. The van der Waals surface area contributed by atoms with Crippen LogP contribution in [0, 0.1) is 0 Å². The SMILES string of the molecule is c1ccc(-c2ccc(N(c3ccc(-c4ccccc4)cc3)c3ccc(-c4ccc5oc6c(-c7ccc8ccccc8c7)c7c(cc6c5c4)oc4ccccc47)cc3)cc2)cc1. The summed E-state index contributed by atoms with van der Waals surface area (Å²) in [5.74, 6) is 0. The molecule has 0 fully saturated rings. The summed E-state index contributed by atoms with van der Waals surface area (Å²) in [6.45, 7) is 0. The lowest BCUT2D eigenvalue weighted by Gasteiger charge is -2.26. The van der Waals surface area contributed by atoms with Crippen molar-refractivity contribution in [3.63, 3.8) is 0 Å². The summed E-state index contributed by atoms with van der Waals surface area (Å²) in [7, 11) is 0. The van der Waals surface area contributed by atoms with Crippen molar-refractivity contribution in [3.05, 3.63) is 224 Å². The molecule has 0 atom stereocenters. The minimum absolute atomic E-state index is 0.846. The smallest absolute Gasteiger partial charge is 0.144 e. The lowest BCUT2D eigenvalue weighted by atomic mass is 9.94. The van der Waals surface area contributed by atoms with E-state index in [0.29, 0.717) is 0 Å². The molecule has 0 saturated carbocycles. The van der Waals surface area contributed by atoms with Gasteiger partial charge in [0.2, 0.25) is 0 Å². The van der Waals surface area contributed by atoms with Crippen LogP contribution in [0.15, 0.2) is 233 Å². The Bertz CT molecular complexity index is 3460. The summed E-state index contributed by atoms with van der Waals surface area (Å²) in [5.41, 5.74) is 15.8. The molecule has 0 amide bonds. The van der Waals surface area contributed by atoms with E-state index in [0.717, 1.165) is 83.2 Å². The standard InChI is InChI=1S/C58H37NO2/c1-3-11-38(12-4-1)41-21-28-47(29-22-41)59(48-30-23-42(24-31-48)39-13-5-2-6-14-39)49-32-25-43(26-33-49)45-27-34-54-51(36-45)52-37-55-57(50-17-9-10-18-53(50)60-55)56(58(52)61-54)46-20-19-40-15-7-8-16-44(40)35-46/h1-37H. The highest BCUT2D eigenvalue weighted by Crippen LogP contribution is 2.46. The molecule has 0 aliphatic carbocycles. The van der Waals surface area contributed by atoms with Crippen LogP contribution >= 0.6 is 0 Å². The summed E-state index contributed by atoms with van der Waals surface area (Å²) in [4.78, 5) is 2.33. The van der Waals surface area contributed by atoms with Crippen molar-refractivity contribution in [1.82, 2.24) is 0 Å². The van der Waals surface area contributed by atoms with Crippen LogP contribution in [0.4, 0.5) is 17.1 Å². The zero-order valence-corrected chi connectivity index (χ0v) is 33.1. The van der Waals surface area contributed by atoms with Crippen LogP contribution in [0.1, 0.15) is 0 Å². The molecule has 10 aromatic carbocycles. The number of anilines is 3. The molecule has 0 aliphatic rings. The number of hydrogen-bond donors (Lipinski definition) is 0. The van der Waals surface area contributed by atoms with Gasteiger partial charge in [-0.1, -0.05) is 158 Å². The first-order valence-corrected chi connectivity index (χ1v) is 20.7. The van der Waals surface area contributed by atoms with Crippen molar-refractivity contribution in [2.75, 3.05) is 4.90 Å². The highest BCUT2D eigenvalue weighted by molar-refractivity contribution is 6.24. The van der Waals surface area contributed by atoms with Crippen LogP contribution < -0.4 is 4.90 Å². The summed E-state index contributed by atoms with van der Waals surface area (Å²) in [6, 6.07) is 79.8. The Kier molecular flexibility index (Phi) is 8.17. The molecular formula is C58H37NO2. The van der Waals surface area contributed by atoms with Crippen molar-refractivity contribution in [3.8, 4) is 44.5 Å². The molecule has 0 saturated heterocycles. The molecule has 12 rings (SSSR count). The van der Waals surface area contributed by atoms with Gasteiger partial charge in [-0.05, 0) is 116 Å². The molecule has 0 radical (unpaired) electrons. The van der Waals surface area contributed by atoms with Gasteiger partial charge >= 0.3 is 0 Å². The molecule has 0 N–H and O–H groups in total. The number of para-hydroxylation sites is 1. The van der Waals surface area contributed by atoms with Gasteiger partial charge in [0, 0.05) is 44.2 Å². The Balaban J connectivity index is 0.958. The Labute approximate surface area is 353 Å². The number of furan rings is 2. The zero-order valence-electron chi connectivity index (χ0n) is 33.1. The molecule has 12 aromatic rings. The zero-order chi connectivity index (χ0) is 40.3. The summed E-state index contributed by atoms with van der Waals surface area (Å²) < 4.78 is 13.4. The largest absolute Gasteiger partial charge is 0.456 e. The highest BCUT2D eigenvalue weighted by Gasteiger charge is 2.22. The van der Waals surface area contributed by atoms with Gasteiger partial charge in [0.05, 0.1) is 0 Å². The third-order valence-corrected chi connectivity index (χ3v) is 12.1. The van der Waals surface area contributed by atoms with Gasteiger partial charge in [-0.15, -0.1) is 0 Å². The fourth-order valence-corrected chi connectivity index (χ4v) is 9.03. The Morgan fingerprint density at radius 2 is 0.770 bits per heavy atom. The van der Waals surface area contributed by atoms with Crippen molar-refractivity contribution < 1.29 is 8.83 Å². The average molecular weight is 780 g/mol. The maximum atomic E-state index is 6.84. The molecule has 3 heteroatoms. The second-order valence-electron chi connectivity index (χ2n) is 15.7. The molecule has 0 spiro atoms. The van der Waals surface area contributed by atoms with E-state index in [1.165, 1.54) is 33.0 Å². The van der Waals surface area contributed by atoms with Crippen LogP contribution in [0.25, 0.3) is 99.2 Å². The van der Waals surface area contributed by atoms with Gasteiger partial charge in [0.1, 0.15) is 22.3 Å². The van der Waals surface area contributed by atoms with Crippen molar-refractivity contribution >= 4 is 71.7 Å². The first kappa shape index (κ1) is 34.9. The molecule has 286 valence electrons. The first-order chi connectivity index (χ1) is 30.2. The van der Waals surface area contributed by atoms with Gasteiger partial charge < -0.3 is 13.7 Å². The number of benzene rings is 10. The van der Waals surface area contributed by atoms with E-state index in [1.54, 1.807) is 0 Å². The summed E-state index contributed by atoms with van der Waals surface area (Å²) in [6.07, 6.45) is 0. The fraction of sp³-hybridized carbons (Fsp3) is 0. The maximum Gasteiger partial charge on any atom is 0.144 e. The quantitative estimate of drug-likeness (QED) is 0.161. The Hall–Kier alpha value is -8.14. The van der Waals surface area contributed by atoms with Gasteiger partial charge in [0.15, 0.2) is 0 Å². The summed E-state index contributed by atoms with van der Waals surface area (Å²) >= 11 is 0. The normalized spacial score (nSPS) is 11.6. The third kappa shape index (κ3) is 6.06. The minimum atomic E-state index is 0.846. The monoisotopic (exact) mass is 779 g/mol. The molecule has 2 aromatic heterocycles. The van der Waals surface area contributed by atoms with Crippen molar-refractivity contribution in [2.45, 2.75) is 0 Å². The van der Waals surface area contributed by atoms with Gasteiger partial charge in [0.25, 0.3) is 0 Å². The Morgan fingerprint density at radius 3 is 1.41 bits per heavy atom. The van der Waals surface area contributed by atoms with E-state index < -0.39 is 0 Å². The fourth-order valence-electron chi connectivity index (χ4n) is 9.03. The van der Waals surface area contributed by atoms with Crippen LogP contribution in [0.2, 0.25) is 0 Å². The summed E-state index contributed by atoms with van der Waals surface area (Å²) in [5, 5.41) is 6.63. The minimum Gasteiger partial charge on any atom is -0.456 e. The third-order valence-electron chi connectivity index (χ3n) is 12.1. The molecule has 0 aliphatic heterocycles. The van der Waals surface area contributed by atoms with Crippen LogP contribution in [-0.4, -0.2) is 0 Å². The predicted octanol–water partition coefficient (Wildman–Crippen LogP) is 16.8. The van der Waals surface area contributed by atoms with E-state index in [4.69, 9.17) is 8.83 Å². The van der Waals surface area contributed by atoms with Crippen molar-refractivity contribution in [1.29, 1.82) is 0 Å². The molecule has 0 bridgehead atoms. The van der Waals surface area contributed by atoms with E-state index in [1.807, 2.05) is 12.1 Å².